The predicted octanol–water partition coefficient (Wildman–Crippen LogP) is 4.09. The number of carboxylic acid groups (broad SMARTS) is 2. The lowest BCUT2D eigenvalue weighted by Gasteiger charge is -2.23. The number of allylic oxidation sites excluding steroid dienone is 3. The molecule has 0 saturated carbocycles. The number of benzene rings is 2. The van der Waals surface area contributed by atoms with Crippen LogP contribution in [0.1, 0.15) is 34.0 Å². The highest BCUT2D eigenvalue weighted by Gasteiger charge is 2.29. The van der Waals surface area contributed by atoms with Gasteiger partial charge in [0, 0.05) is 5.56 Å². The highest BCUT2D eigenvalue weighted by atomic mass is 35.5. The maximum Gasteiger partial charge on any atom is 0.339 e. The molecule has 9 nitrogen and oxygen atoms in total. The molecule has 0 aromatic heterocycles. The molecule has 12 heteroatoms. The van der Waals surface area contributed by atoms with Crippen molar-refractivity contribution in [3.05, 3.63) is 85.4 Å². The molecule has 0 amide bonds. The number of phenols is 1. The summed E-state index contributed by atoms with van der Waals surface area (Å²) in [4.78, 5) is 22.8. The van der Waals surface area contributed by atoms with E-state index in [0.29, 0.717) is 0 Å². The van der Waals surface area contributed by atoms with Crippen molar-refractivity contribution in [2.24, 2.45) is 0 Å². The SMILES string of the molecule is CC1=C/C(=C(\c2cc(C)c(O)c(C(=O)O)c2)c2c(Cl)ccc(S(=O)(=O)O)c2Cl)C=C(C(=O)O)C1O. The van der Waals surface area contributed by atoms with Crippen LogP contribution < -0.4 is 0 Å². The summed E-state index contributed by atoms with van der Waals surface area (Å²) in [6.45, 7) is 2.89. The van der Waals surface area contributed by atoms with E-state index < -0.39 is 55.0 Å². The highest BCUT2D eigenvalue weighted by Crippen LogP contribution is 2.43. The van der Waals surface area contributed by atoms with Gasteiger partial charge in [0.25, 0.3) is 10.1 Å². The molecule has 2 aromatic rings. The van der Waals surface area contributed by atoms with Crippen LogP contribution in [0.2, 0.25) is 10.0 Å². The van der Waals surface area contributed by atoms with Gasteiger partial charge >= 0.3 is 11.9 Å². The first kappa shape index (κ1) is 26.5. The average Bonchev–Trinajstić information content (AvgIpc) is 2.73. The van der Waals surface area contributed by atoms with Gasteiger partial charge in [-0.2, -0.15) is 8.42 Å². The second kappa shape index (κ2) is 9.48. The van der Waals surface area contributed by atoms with Crippen molar-refractivity contribution in [1.82, 2.24) is 0 Å². The molecule has 0 fully saturated rings. The molecule has 0 bridgehead atoms. The van der Waals surface area contributed by atoms with E-state index in [4.69, 9.17) is 23.2 Å². The molecule has 1 unspecified atom stereocenters. The number of carboxylic acids is 2. The van der Waals surface area contributed by atoms with Crippen molar-refractivity contribution >= 4 is 50.8 Å². The first-order chi connectivity index (χ1) is 16.1. The number of aliphatic hydroxyl groups is 1. The third-order valence-corrected chi connectivity index (χ3v) is 7.07. The molecular weight excluding hydrogens is 523 g/mol. The van der Waals surface area contributed by atoms with E-state index in [1.165, 1.54) is 26.0 Å². The fourth-order valence-corrected chi connectivity index (χ4v) is 5.11. The molecule has 0 radical (unpaired) electrons. The van der Waals surface area contributed by atoms with Crippen LogP contribution in [-0.4, -0.2) is 51.4 Å². The van der Waals surface area contributed by atoms with E-state index in [0.717, 1.165) is 24.3 Å². The number of hydrogen-bond donors (Lipinski definition) is 5. The largest absolute Gasteiger partial charge is 0.507 e. The minimum absolute atomic E-state index is 0.00102. The summed E-state index contributed by atoms with van der Waals surface area (Å²) in [5.74, 6) is -3.41. The van der Waals surface area contributed by atoms with E-state index in [-0.39, 0.29) is 38.4 Å². The number of aliphatic hydroxyl groups excluding tert-OH is 1. The normalized spacial score (nSPS) is 17.5. The van der Waals surface area contributed by atoms with E-state index in [2.05, 4.69) is 0 Å². The summed E-state index contributed by atoms with van der Waals surface area (Å²) >= 11 is 12.8. The average molecular weight is 541 g/mol. The lowest BCUT2D eigenvalue weighted by Crippen LogP contribution is -2.22. The van der Waals surface area contributed by atoms with Crippen molar-refractivity contribution < 1.29 is 43.0 Å². The van der Waals surface area contributed by atoms with E-state index in [1.54, 1.807) is 0 Å². The molecule has 5 N–H and O–H groups in total. The van der Waals surface area contributed by atoms with Crippen molar-refractivity contribution in [3.63, 3.8) is 0 Å². The van der Waals surface area contributed by atoms with Crippen molar-refractivity contribution in [2.75, 3.05) is 0 Å². The fraction of sp³-hybridized carbons (Fsp3) is 0.130. The number of rotatable bonds is 5. The standard InChI is InChI=1S/C23H18Cl2O9S/c1-9-5-11(7-13(20(9)26)22(28)29)17(12-6-10(2)21(27)14(8-12)23(30)31)18-15(24)3-4-16(19(18)25)35(32,33)34/h3-8,20,26-27H,1-2H3,(H,28,29)(H,30,31)(H,32,33,34)/b17-11-. The fourth-order valence-electron chi connectivity index (χ4n) is 3.68. The number of aromatic hydroxyl groups is 1. The molecule has 1 aliphatic carbocycles. The minimum atomic E-state index is -4.81. The Labute approximate surface area is 209 Å². The Morgan fingerprint density at radius 1 is 1.00 bits per heavy atom. The molecule has 3 rings (SSSR count). The van der Waals surface area contributed by atoms with Gasteiger partial charge in [-0.3, -0.25) is 4.55 Å². The summed E-state index contributed by atoms with van der Waals surface area (Å²) in [5.41, 5.74) is -0.518. The van der Waals surface area contributed by atoms with Gasteiger partial charge in [0.05, 0.1) is 15.6 Å². The number of aryl methyl sites for hydroxylation is 1. The molecular formula is C23H18Cl2O9S. The van der Waals surface area contributed by atoms with Crippen LogP contribution in [0.25, 0.3) is 5.57 Å². The van der Waals surface area contributed by atoms with E-state index in [1.807, 2.05) is 0 Å². The zero-order chi connectivity index (χ0) is 26.4. The summed E-state index contributed by atoms with van der Waals surface area (Å²) in [5, 5.41) is 39.0. The topological polar surface area (TPSA) is 169 Å². The summed E-state index contributed by atoms with van der Waals surface area (Å²) in [6.07, 6.45) is 1.08. The Morgan fingerprint density at radius 3 is 2.17 bits per heavy atom. The number of hydrogen-bond acceptors (Lipinski definition) is 6. The molecule has 2 aromatic carbocycles. The van der Waals surface area contributed by atoms with Crippen molar-refractivity contribution in [2.45, 2.75) is 24.8 Å². The highest BCUT2D eigenvalue weighted by molar-refractivity contribution is 7.86. The van der Waals surface area contributed by atoms with Gasteiger partial charge in [0.1, 0.15) is 22.3 Å². The maximum atomic E-state index is 11.9. The van der Waals surface area contributed by atoms with Crippen LogP contribution in [0.5, 0.6) is 5.75 Å². The van der Waals surface area contributed by atoms with Gasteiger partial charge in [-0.25, -0.2) is 9.59 Å². The second-order valence-electron chi connectivity index (χ2n) is 7.73. The Hall–Kier alpha value is -3.15. The molecule has 0 saturated heterocycles. The monoisotopic (exact) mass is 540 g/mol. The lowest BCUT2D eigenvalue weighted by molar-refractivity contribution is -0.133. The maximum absolute atomic E-state index is 11.9. The van der Waals surface area contributed by atoms with Crippen LogP contribution in [0.15, 0.2) is 58.0 Å². The van der Waals surface area contributed by atoms with Gasteiger partial charge in [0.2, 0.25) is 0 Å². The summed E-state index contributed by atoms with van der Waals surface area (Å²) < 4.78 is 33.4. The van der Waals surface area contributed by atoms with Crippen LogP contribution in [-0.2, 0) is 14.9 Å². The predicted molar refractivity (Wildman–Crippen MR) is 128 cm³/mol. The Balaban J connectivity index is 2.58. The molecule has 1 atom stereocenters. The first-order valence-electron chi connectivity index (χ1n) is 9.73. The lowest BCUT2D eigenvalue weighted by atomic mass is 9.85. The number of aromatic carboxylic acids is 1. The number of aliphatic carboxylic acids is 1. The zero-order valence-electron chi connectivity index (χ0n) is 18.1. The second-order valence-corrected chi connectivity index (χ2v) is 9.91. The van der Waals surface area contributed by atoms with Crippen molar-refractivity contribution in [1.29, 1.82) is 0 Å². The Kier molecular flexibility index (Phi) is 7.16. The molecule has 35 heavy (non-hydrogen) atoms. The molecule has 184 valence electrons. The minimum Gasteiger partial charge on any atom is -0.507 e. The van der Waals surface area contributed by atoms with Gasteiger partial charge in [-0.15, -0.1) is 0 Å². The third kappa shape index (κ3) is 4.97. The van der Waals surface area contributed by atoms with Crippen LogP contribution >= 0.6 is 23.2 Å². The quantitative estimate of drug-likeness (QED) is 0.350. The Bertz CT molecular complexity index is 1480. The zero-order valence-corrected chi connectivity index (χ0v) is 20.4. The van der Waals surface area contributed by atoms with Gasteiger partial charge in [-0.05, 0) is 72.0 Å². The molecule has 0 aliphatic heterocycles. The van der Waals surface area contributed by atoms with Gasteiger partial charge < -0.3 is 20.4 Å². The smallest absolute Gasteiger partial charge is 0.339 e. The molecule has 0 heterocycles. The van der Waals surface area contributed by atoms with Crippen molar-refractivity contribution in [3.8, 4) is 5.75 Å². The number of carbonyl (C=O) groups is 2. The first-order valence-corrected chi connectivity index (χ1v) is 11.9. The van der Waals surface area contributed by atoms with Gasteiger partial charge in [0.15, 0.2) is 0 Å². The summed E-state index contributed by atoms with van der Waals surface area (Å²) in [6, 6.07) is 4.58. The third-order valence-electron chi connectivity index (χ3n) is 5.36. The van der Waals surface area contributed by atoms with Crippen LogP contribution in [0.4, 0.5) is 0 Å². The van der Waals surface area contributed by atoms with E-state index >= 15 is 0 Å². The molecule has 0 spiro atoms. The van der Waals surface area contributed by atoms with Crippen LogP contribution in [0, 0.1) is 6.92 Å². The molecule has 1 aliphatic rings. The van der Waals surface area contributed by atoms with E-state index in [9.17, 15) is 43.0 Å². The number of halogens is 2. The van der Waals surface area contributed by atoms with Gasteiger partial charge in [-0.1, -0.05) is 29.3 Å². The Morgan fingerprint density at radius 2 is 1.63 bits per heavy atom. The summed E-state index contributed by atoms with van der Waals surface area (Å²) in [7, 11) is -4.81. The van der Waals surface area contributed by atoms with Crippen LogP contribution in [0.3, 0.4) is 0 Å².